The quantitative estimate of drug-likeness (QED) is 0.606. The summed E-state index contributed by atoms with van der Waals surface area (Å²) < 4.78 is 0. The van der Waals surface area contributed by atoms with Crippen molar-refractivity contribution in [3.8, 4) is 0 Å². The number of nitrogens with one attached hydrogen (secondary N) is 2. The van der Waals surface area contributed by atoms with Crippen molar-refractivity contribution in [3.63, 3.8) is 0 Å². The number of aryl methyl sites for hydroxylation is 1. The third kappa shape index (κ3) is 3.71. The molecule has 0 bridgehead atoms. The van der Waals surface area contributed by atoms with Gasteiger partial charge in [-0.3, -0.25) is 0 Å². The summed E-state index contributed by atoms with van der Waals surface area (Å²) in [5.41, 5.74) is 2.00. The molecule has 1 aliphatic carbocycles. The van der Waals surface area contributed by atoms with Crippen molar-refractivity contribution in [2.45, 2.75) is 24.8 Å². The number of hydrogen-bond acceptors (Lipinski definition) is 4. The van der Waals surface area contributed by atoms with Crippen LogP contribution in [0.4, 0.5) is 0 Å². The maximum absolute atomic E-state index is 11.8. The van der Waals surface area contributed by atoms with E-state index in [1.807, 2.05) is 18.2 Å². The summed E-state index contributed by atoms with van der Waals surface area (Å²) >= 11 is 6.48. The molecule has 1 heterocycles. The molecule has 3 atom stereocenters. The molecule has 3 unspecified atom stereocenters. The van der Waals surface area contributed by atoms with E-state index in [1.54, 1.807) is 0 Å². The summed E-state index contributed by atoms with van der Waals surface area (Å²) in [6.07, 6.45) is 2.10. The predicted octanol–water partition coefficient (Wildman–Crippen LogP) is 1.64. The van der Waals surface area contributed by atoms with Gasteiger partial charge in [0.25, 0.3) is 0 Å². The molecule has 1 saturated heterocycles. The number of aliphatic carboxylic acids is 2. The molecular weight excluding hydrogens is 344 g/mol. The number of halogens is 1. The number of hydrogen-bond donors (Lipinski definition) is 4. The van der Waals surface area contributed by atoms with Crippen LogP contribution in [0.2, 0.25) is 5.02 Å². The molecular formula is C18H21ClN2O4. The van der Waals surface area contributed by atoms with E-state index in [0.717, 1.165) is 30.3 Å². The molecule has 1 aromatic carbocycles. The van der Waals surface area contributed by atoms with Gasteiger partial charge in [0, 0.05) is 54.2 Å². The minimum absolute atomic E-state index is 0.00533. The van der Waals surface area contributed by atoms with E-state index in [9.17, 15) is 14.7 Å². The van der Waals surface area contributed by atoms with Crippen LogP contribution in [-0.2, 0) is 16.0 Å². The van der Waals surface area contributed by atoms with E-state index in [4.69, 9.17) is 16.7 Å². The van der Waals surface area contributed by atoms with E-state index in [2.05, 4.69) is 10.6 Å². The topological polar surface area (TPSA) is 98.7 Å². The van der Waals surface area contributed by atoms with Crippen molar-refractivity contribution in [2.24, 2.45) is 5.92 Å². The molecule has 4 N–H and O–H groups in total. The lowest BCUT2D eigenvalue weighted by molar-refractivity contribution is -0.135. The van der Waals surface area contributed by atoms with Crippen molar-refractivity contribution in [3.05, 3.63) is 46.0 Å². The summed E-state index contributed by atoms with van der Waals surface area (Å²) in [4.78, 5) is 22.9. The summed E-state index contributed by atoms with van der Waals surface area (Å²) in [6.45, 7) is 2.31. The fraction of sp³-hybridized carbons (Fsp3) is 0.444. The lowest BCUT2D eigenvalue weighted by atomic mass is 9.68. The second kappa shape index (κ2) is 7.56. The van der Waals surface area contributed by atoms with Crippen molar-refractivity contribution < 1.29 is 19.8 Å². The molecule has 0 amide bonds. The molecule has 0 radical (unpaired) electrons. The Kier molecular flexibility index (Phi) is 5.42. The normalized spacial score (nSPS) is 26.8. The lowest BCUT2D eigenvalue weighted by Crippen LogP contribution is -2.53. The highest BCUT2D eigenvalue weighted by Crippen LogP contribution is 2.45. The Bertz CT molecular complexity index is 713. The van der Waals surface area contributed by atoms with Gasteiger partial charge in [-0.2, -0.15) is 0 Å². The van der Waals surface area contributed by atoms with Crippen molar-refractivity contribution in [1.82, 2.24) is 10.6 Å². The number of benzene rings is 1. The van der Waals surface area contributed by atoms with Crippen molar-refractivity contribution in [2.75, 3.05) is 19.6 Å². The Labute approximate surface area is 150 Å². The van der Waals surface area contributed by atoms with Crippen LogP contribution >= 0.6 is 11.6 Å². The summed E-state index contributed by atoms with van der Waals surface area (Å²) in [6, 6.07) is 5.72. The smallest absolute Gasteiger partial charge is 0.332 e. The van der Waals surface area contributed by atoms with Gasteiger partial charge >= 0.3 is 11.9 Å². The molecule has 7 heteroatoms. The molecule has 6 nitrogen and oxygen atoms in total. The van der Waals surface area contributed by atoms with E-state index in [0.29, 0.717) is 24.4 Å². The average Bonchev–Trinajstić information content (AvgIpc) is 2.59. The third-order valence-electron chi connectivity index (χ3n) is 5.07. The maximum Gasteiger partial charge on any atom is 0.332 e. The number of piperazine rings is 1. The molecule has 134 valence electrons. The first kappa shape index (κ1) is 17.9. The van der Waals surface area contributed by atoms with E-state index in [1.165, 1.54) is 0 Å². The molecule has 1 aromatic rings. The van der Waals surface area contributed by atoms with E-state index in [-0.39, 0.29) is 17.5 Å². The van der Waals surface area contributed by atoms with Crippen LogP contribution in [0.5, 0.6) is 0 Å². The van der Waals surface area contributed by atoms with Gasteiger partial charge in [-0.05, 0) is 30.0 Å². The van der Waals surface area contributed by atoms with Crippen molar-refractivity contribution in [1.29, 1.82) is 0 Å². The number of carbonyl (C=O) groups is 2. The molecule has 0 saturated carbocycles. The molecule has 0 aromatic heterocycles. The first-order valence-corrected chi connectivity index (χ1v) is 8.76. The van der Waals surface area contributed by atoms with E-state index < -0.39 is 17.9 Å². The van der Waals surface area contributed by atoms with Crippen LogP contribution in [0.25, 0.3) is 0 Å². The van der Waals surface area contributed by atoms with Crippen LogP contribution in [0.1, 0.15) is 23.5 Å². The second-order valence-corrected chi connectivity index (χ2v) is 6.90. The second-order valence-electron chi connectivity index (χ2n) is 6.49. The summed E-state index contributed by atoms with van der Waals surface area (Å²) in [7, 11) is 0. The molecule has 1 aliphatic heterocycles. The first-order valence-electron chi connectivity index (χ1n) is 8.38. The van der Waals surface area contributed by atoms with Gasteiger partial charge in [0.05, 0.1) is 0 Å². The fourth-order valence-corrected chi connectivity index (χ4v) is 4.41. The Morgan fingerprint density at radius 2 is 2.04 bits per heavy atom. The third-order valence-corrected chi connectivity index (χ3v) is 5.40. The van der Waals surface area contributed by atoms with Crippen LogP contribution in [0.3, 0.4) is 0 Å². The Hall–Kier alpha value is -1.89. The van der Waals surface area contributed by atoms with Crippen LogP contribution in [-0.4, -0.2) is 47.8 Å². The molecule has 2 aliphatic rings. The zero-order valence-electron chi connectivity index (χ0n) is 13.7. The summed E-state index contributed by atoms with van der Waals surface area (Å²) in [5.74, 6) is -3.02. The Morgan fingerprint density at radius 3 is 2.68 bits per heavy atom. The highest BCUT2D eigenvalue weighted by atomic mass is 35.5. The number of fused-ring (bicyclic) bond motifs is 1. The zero-order valence-corrected chi connectivity index (χ0v) is 14.4. The van der Waals surface area contributed by atoms with Gasteiger partial charge in [-0.1, -0.05) is 23.7 Å². The van der Waals surface area contributed by atoms with Crippen molar-refractivity contribution >= 4 is 23.5 Å². The van der Waals surface area contributed by atoms with Gasteiger partial charge < -0.3 is 20.8 Å². The highest BCUT2D eigenvalue weighted by Gasteiger charge is 2.40. The maximum atomic E-state index is 11.8. The van der Waals surface area contributed by atoms with Gasteiger partial charge in [-0.15, -0.1) is 0 Å². The monoisotopic (exact) mass is 364 g/mol. The largest absolute Gasteiger partial charge is 0.478 e. The predicted molar refractivity (Wildman–Crippen MR) is 94.0 cm³/mol. The zero-order chi connectivity index (χ0) is 18.0. The number of rotatable bonds is 4. The van der Waals surface area contributed by atoms with Crippen LogP contribution < -0.4 is 10.6 Å². The molecule has 25 heavy (non-hydrogen) atoms. The minimum atomic E-state index is -1.24. The molecule has 3 rings (SSSR count). The van der Waals surface area contributed by atoms with E-state index >= 15 is 0 Å². The Morgan fingerprint density at radius 1 is 1.24 bits per heavy atom. The van der Waals surface area contributed by atoms with Gasteiger partial charge in [0.1, 0.15) is 0 Å². The fourth-order valence-electron chi connectivity index (χ4n) is 4.09. The average molecular weight is 365 g/mol. The SMILES string of the molecule is O=C(O)/C=C(\C(=O)O)C1CCc2cccc(Cl)c2C1C1CNCCN1. The van der Waals surface area contributed by atoms with Gasteiger partial charge in [0.2, 0.25) is 0 Å². The molecule has 1 fully saturated rings. The number of carboxylic acids is 2. The van der Waals surface area contributed by atoms with Gasteiger partial charge in [0.15, 0.2) is 0 Å². The lowest BCUT2D eigenvalue weighted by Gasteiger charge is -2.41. The first-order chi connectivity index (χ1) is 12.0. The van der Waals surface area contributed by atoms with Crippen LogP contribution in [0.15, 0.2) is 29.8 Å². The Balaban J connectivity index is 2.09. The minimum Gasteiger partial charge on any atom is -0.478 e. The summed E-state index contributed by atoms with van der Waals surface area (Å²) in [5, 5.41) is 26.1. The number of carboxylic acid groups (broad SMARTS) is 2. The van der Waals surface area contributed by atoms with Gasteiger partial charge in [-0.25, -0.2) is 9.59 Å². The van der Waals surface area contributed by atoms with Crippen LogP contribution in [0, 0.1) is 5.92 Å². The highest BCUT2D eigenvalue weighted by molar-refractivity contribution is 6.31. The molecule has 0 spiro atoms. The standard InChI is InChI=1S/C18H21ClN2O4/c19-13-3-1-2-10-4-5-11(12(18(24)25)8-15(22)23)17(16(10)13)14-9-20-6-7-21-14/h1-3,8,11,14,17,20-21H,4-7,9H2,(H,22,23)(H,24,25)/b12-8-.